The highest BCUT2D eigenvalue weighted by Gasteiger charge is 2.31. The molecule has 3 rings (SSSR count). The van der Waals surface area contributed by atoms with Gasteiger partial charge in [0.05, 0.1) is 23.2 Å². The molecule has 31 heavy (non-hydrogen) atoms. The van der Waals surface area contributed by atoms with Crippen LogP contribution in [0.15, 0.2) is 54.6 Å². The average molecular weight is 465 g/mol. The van der Waals surface area contributed by atoms with Crippen molar-refractivity contribution in [2.75, 3.05) is 32.0 Å². The van der Waals surface area contributed by atoms with Gasteiger partial charge in [-0.25, -0.2) is 12.7 Å². The molecule has 168 valence electrons. The second kappa shape index (κ2) is 11.5. The summed E-state index contributed by atoms with van der Waals surface area (Å²) in [6.45, 7) is 1.35. The number of halogens is 1. The maximum absolute atomic E-state index is 12.8. The minimum Gasteiger partial charge on any atom is -0.490 e. The summed E-state index contributed by atoms with van der Waals surface area (Å²) in [5.74, 6) is 0.204. The van der Waals surface area contributed by atoms with Gasteiger partial charge in [0, 0.05) is 13.1 Å². The Hall–Kier alpha value is -2.09. The molecule has 1 fully saturated rings. The van der Waals surface area contributed by atoms with E-state index in [1.165, 1.54) is 4.31 Å². The van der Waals surface area contributed by atoms with Crippen LogP contribution < -0.4 is 10.1 Å². The zero-order valence-electron chi connectivity index (χ0n) is 17.5. The van der Waals surface area contributed by atoms with Crippen LogP contribution in [-0.4, -0.2) is 50.6 Å². The lowest BCUT2D eigenvalue weighted by molar-refractivity contribution is -0.126. The number of amides is 1. The van der Waals surface area contributed by atoms with Crippen molar-refractivity contribution >= 4 is 27.5 Å². The highest BCUT2D eigenvalue weighted by Crippen LogP contribution is 2.23. The first kappa shape index (κ1) is 23.6. The van der Waals surface area contributed by atoms with Crippen LogP contribution in [0.25, 0.3) is 0 Å². The van der Waals surface area contributed by atoms with E-state index >= 15 is 0 Å². The van der Waals surface area contributed by atoms with Gasteiger partial charge >= 0.3 is 0 Å². The summed E-state index contributed by atoms with van der Waals surface area (Å²) in [7, 11) is -3.37. The number of hydrogen-bond acceptors (Lipinski definition) is 4. The van der Waals surface area contributed by atoms with Crippen LogP contribution in [0.3, 0.4) is 0 Å². The number of aryl methyl sites for hydroxylation is 1. The molecule has 1 amide bonds. The van der Waals surface area contributed by atoms with Crippen molar-refractivity contribution in [3.8, 4) is 5.75 Å². The van der Waals surface area contributed by atoms with Gasteiger partial charge in [-0.2, -0.15) is 0 Å². The van der Waals surface area contributed by atoms with Crippen LogP contribution in [0.2, 0.25) is 5.02 Å². The lowest BCUT2D eigenvalue weighted by Gasteiger charge is -2.31. The molecule has 1 saturated heterocycles. The first-order valence-electron chi connectivity index (χ1n) is 10.6. The van der Waals surface area contributed by atoms with E-state index in [0.717, 1.165) is 12.0 Å². The van der Waals surface area contributed by atoms with Gasteiger partial charge in [0.2, 0.25) is 15.9 Å². The number of ether oxygens (including phenoxy) is 1. The monoisotopic (exact) mass is 464 g/mol. The third-order valence-corrected chi connectivity index (χ3v) is 7.59. The van der Waals surface area contributed by atoms with E-state index in [9.17, 15) is 13.2 Å². The first-order valence-corrected chi connectivity index (χ1v) is 12.6. The van der Waals surface area contributed by atoms with Crippen LogP contribution in [0.1, 0.15) is 24.8 Å². The van der Waals surface area contributed by atoms with Crippen molar-refractivity contribution in [2.24, 2.45) is 5.92 Å². The summed E-state index contributed by atoms with van der Waals surface area (Å²) >= 11 is 6.04. The normalized spacial score (nSPS) is 17.3. The van der Waals surface area contributed by atoms with Crippen molar-refractivity contribution in [2.45, 2.75) is 25.7 Å². The van der Waals surface area contributed by atoms with Gasteiger partial charge in [-0.15, -0.1) is 0 Å². The summed E-state index contributed by atoms with van der Waals surface area (Å²) in [6.07, 6.45) is 2.67. The lowest BCUT2D eigenvalue weighted by atomic mass is 9.99. The molecular formula is C23H29ClN2O4S. The Morgan fingerprint density at radius 2 is 1.87 bits per heavy atom. The number of sulfonamides is 1. The number of nitrogens with one attached hydrogen (secondary N) is 1. The zero-order chi connectivity index (χ0) is 22.1. The topological polar surface area (TPSA) is 75.7 Å². The van der Waals surface area contributed by atoms with Crippen LogP contribution in [0.5, 0.6) is 5.75 Å². The smallest absolute Gasteiger partial charge is 0.224 e. The molecule has 8 heteroatoms. The Balaban J connectivity index is 1.42. The van der Waals surface area contributed by atoms with Crippen molar-refractivity contribution in [1.82, 2.24) is 9.62 Å². The molecule has 0 spiro atoms. The fourth-order valence-corrected chi connectivity index (χ4v) is 5.45. The summed E-state index contributed by atoms with van der Waals surface area (Å²) < 4.78 is 32.6. The second-order valence-electron chi connectivity index (χ2n) is 7.67. The highest BCUT2D eigenvalue weighted by atomic mass is 35.5. The van der Waals surface area contributed by atoms with E-state index in [1.54, 1.807) is 12.1 Å². The molecule has 0 aromatic heterocycles. The van der Waals surface area contributed by atoms with E-state index in [-0.39, 0.29) is 24.1 Å². The molecule has 6 nitrogen and oxygen atoms in total. The Morgan fingerprint density at radius 3 is 2.65 bits per heavy atom. The maximum Gasteiger partial charge on any atom is 0.224 e. The Kier molecular flexibility index (Phi) is 8.75. The van der Waals surface area contributed by atoms with E-state index in [1.807, 2.05) is 42.5 Å². The number of rotatable bonds is 10. The second-order valence-corrected chi connectivity index (χ2v) is 10.2. The van der Waals surface area contributed by atoms with Crippen LogP contribution in [0, 0.1) is 5.92 Å². The molecule has 1 aliphatic rings. The molecule has 0 aliphatic carbocycles. The van der Waals surface area contributed by atoms with E-state index in [4.69, 9.17) is 16.3 Å². The Labute approximate surface area is 189 Å². The van der Waals surface area contributed by atoms with Crippen molar-refractivity contribution in [3.05, 3.63) is 65.2 Å². The van der Waals surface area contributed by atoms with Gasteiger partial charge in [-0.05, 0) is 43.4 Å². The van der Waals surface area contributed by atoms with Gasteiger partial charge in [0.25, 0.3) is 0 Å². The Morgan fingerprint density at radius 1 is 1.13 bits per heavy atom. The summed E-state index contributed by atoms with van der Waals surface area (Å²) in [4.78, 5) is 12.5. The van der Waals surface area contributed by atoms with E-state index in [2.05, 4.69) is 5.32 Å². The predicted octanol–water partition coefficient (Wildman–Crippen LogP) is 3.51. The van der Waals surface area contributed by atoms with Crippen molar-refractivity contribution in [3.63, 3.8) is 0 Å². The third-order valence-electron chi connectivity index (χ3n) is 5.35. The van der Waals surface area contributed by atoms with Crippen LogP contribution >= 0.6 is 11.6 Å². The molecule has 0 radical (unpaired) electrons. The number of carbonyl (C=O) groups excluding carboxylic acids is 1. The average Bonchev–Trinajstić information content (AvgIpc) is 2.78. The highest BCUT2D eigenvalue weighted by molar-refractivity contribution is 7.89. The molecule has 1 N–H and O–H groups in total. The summed E-state index contributed by atoms with van der Waals surface area (Å²) in [6, 6.07) is 17.0. The van der Waals surface area contributed by atoms with Crippen molar-refractivity contribution in [1.29, 1.82) is 0 Å². The molecule has 0 unspecified atom stereocenters. The minimum absolute atomic E-state index is 0.0991. The number of carbonyl (C=O) groups is 1. The van der Waals surface area contributed by atoms with Crippen LogP contribution in [0.4, 0.5) is 0 Å². The minimum atomic E-state index is -3.37. The fraction of sp³-hybridized carbons (Fsp3) is 0.435. The molecule has 1 atom stereocenters. The van der Waals surface area contributed by atoms with Gasteiger partial charge in [0.15, 0.2) is 0 Å². The number of benzene rings is 2. The molecule has 2 aromatic rings. The maximum atomic E-state index is 12.8. The van der Waals surface area contributed by atoms with Crippen LogP contribution in [-0.2, 0) is 21.2 Å². The molecule has 1 heterocycles. The molecule has 0 saturated carbocycles. The van der Waals surface area contributed by atoms with E-state index < -0.39 is 10.0 Å². The van der Waals surface area contributed by atoms with Gasteiger partial charge < -0.3 is 10.1 Å². The predicted molar refractivity (Wildman–Crippen MR) is 123 cm³/mol. The Bertz CT molecular complexity index is 953. The molecule has 0 bridgehead atoms. The van der Waals surface area contributed by atoms with Crippen molar-refractivity contribution < 1.29 is 17.9 Å². The number of nitrogens with zero attached hydrogens (tertiary/aromatic N) is 1. The van der Waals surface area contributed by atoms with Gasteiger partial charge in [0.1, 0.15) is 12.4 Å². The number of para-hydroxylation sites is 1. The van der Waals surface area contributed by atoms with Gasteiger partial charge in [-0.3, -0.25) is 4.79 Å². The number of piperidine rings is 1. The third kappa shape index (κ3) is 7.23. The largest absolute Gasteiger partial charge is 0.490 e. The zero-order valence-corrected chi connectivity index (χ0v) is 19.1. The first-order chi connectivity index (χ1) is 15.0. The molecule has 2 aromatic carbocycles. The summed E-state index contributed by atoms with van der Waals surface area (Å²) in [5, 5.41) is 3.37. The number of hydrogen-bond donors (Lipinski definition) is 1. The SMILES string of the molecule is O=C(NCCOc1ccccc1Cl)[C@H]1CCCN(S(=O)(=O)CCCc2ccccc2)C1. The fourth-order valence-electron chi connectivity index (χ4n) is 3.68. The lowest BCUT2D eigenvalue weighted by Crippen LogP contribution is -2.46. The summed E-state index contributed by atoms with van der Waals surface area (Å²) in [5.41, 5.74) is 1.13. The van der Waals surface area contributed by atoms with E-state index in [0.29, 0.717) is 49.7 Å². The standard InChI is InChI=1S/C23H29ClN2O4S/c24-21-12-4-5-13-22(21)30-16-14-25-23(27)20-11-6-15-26(18-20)31(28,29)17-7-10-19-8-2-1-3-9-19/h1-5,8-9,12-13,20H,6-7,10-11,14-18H2,(H,25,27)/t20-/m0/s1. The quantitative estimate of drug-likeness (QED) is 0.546. The van der Waals surface area contributed by atoms with Gasteiger partial charge in [-0.1, -0.05) is 54.1 Å². The molecule has 1 aliphatic heterocycles. The molecular weight excluding hydrogens is 436 g/mol.